The Kier molecular flexibility index (Phi) is 4.27. The zero-order valence-electron chi connectivity index (χ0n) is 13.3. The molecule has 4 nitrogen and oxygen atoms in total. The normalized spacial score (nSPS) is 24.3. The van der Waals surface area contributed by atoms with Crippen LogP contribution >= 0.6 is 0 Å². The minimum atomic E-state index is 0.550. The summed E-state index contributed by atoms with van der Waals surface area (Å²) in [4.78, 5) is 2.57. The molecule has 2 heterocycles. The number of nitrogens with zero attached hydrogens (tertiary/aromatic N) is 3. The molecule has 2 atom stereocenters. The summed E-state index contributed by atoms with van der Waals surface area (Å²) >= 11 is 0. The van der Waals surface area contributed by atoms with Gasteiger partial charge in [-0.1, -0.05) is 18.2 Å². The first-order chi connectivity index (χ1) is 10.2. The monoisotopic (exact) mass is 286 g/mol. The van der Waals surface area contributed by atoms with E-state index in [0.29, 0.717) is 12.1 Å². The largest absolute Gasteiger partial charge is 0.313 e. The Morgan fingerprint density at radius 2 is 2.10 bits per heavy atom. The van der Waals surface area contributed by atoms with Crippen molar-refractivity contribution in [2.24, 2.45) is 0 Å². The Hall–Kier alpha value is -1.39. The van der Waals surface area contributed by atoms with Gasteiger partial charge in [0.25, 0.3) is 0 Å². The van der Waals surface area contributed by atoms with Gasteiger partial charge in [-0.2, -0.15) is 5.10 Å². The van der Waals surface area contributed by atoms with Gasteiger partial charge < -0.3 is 5.32 Å². The number of nitrogens with one attached hydrogen (secondary N) is 1. The van der Waals surface area contributed by atoms with E-state index in [1.807, 2.05) is 0 Å². The highest BCUT2D eigenvalue weighted by molar-refractivity contribution is 5.81. The van der Waals surface area contributed by atoms with Crippen molar-refractivity contribution in [2.45, 2.75) is 52.4 Å². The highest BCUT2D eigenvalue weighted by Gasteiger charge is 2.22. The molecule has 0 radical (unpaired) electrons. The number of fused-ring (bicyclic) bond motifs is 1. The molecule has 0 aliphatic carbocycles. The van der Waals surface area contributed by atoms with Crippen molar-refractivity contribution in [3.8, 4) is 0 Å². The summed E-state index contributed by atoms with van der Waals surface area (Å²) in [6, 6.07) is 9.74. The molecule has 0 bridgehead atoms. The van der Waals surface area contributed by atoms with Gasteiger partial charge in [-0.3, -0.25) is 9.58 Å². The lowest BCUT2D eigenvalue weighted by Crippen LogP contribution is -2.38. The molecule has 0 saturated carbocycles. The van der Waals surface area contributed by atoms with Gasteiger partial charge in [0.2, 0.25) is 0 Å². The predicted octanol–water partition coefficient (Wildman–Crippen LogP) is 2.63. The third kappa shape index (κ3) is 2.97. The van der Waals surface area contributed by atoms with E-state index in [1.165, 1.54) is 23.0 Å². The lowest BCUT2D eigenvalue weighted by molar-refractivity contribution is 0.196. The van der Waals surface area contributed by atoms with Crippen LogP contribution in [0, 0.1) is 0 Å². The molecule has 1 aromatic heterocycles. The molecule has 1 fully saturated rings. The number of para-hydroxylation sites is 1. The van der Waals surface area contributed by atoms with Crippen LogP contribution in [0.1, 0.15) is 32.9 Å². The van der Waals surface area contributed by atoms with Crippen molar-refractivity contribution in [1.82, 2.24) is 20.0 Å². The summed E-state index contributed by atoms with van der Waals surface area (Å²) in [5.41, 5.74) is 2.47. The third-order valence-electron chi connectivity index (χ3n) is 4.57. The lowest BCUT2D eigenvalue weighted by atomic mass is 10.1. The molecule has 114 valence electrons. The van der Waals surface area contributed by atoms with Crippen LogP contribution in [0.15, 0.2) is 24.3 Å². The van der Waals surface area contributed by atoms with E-state index in [-0.39, 0.29) is 0 Å². The molecule has 21 heavy (non-hydrogen) atoms. The van der Waals surface area contributed by atoms with Crippen molar-refractivity contribution in [2.75, 3.05) is 13.1 Å². The van der Waals surface area contributed by atoms with E-state index in [4.69, 9.17) is 5.10 Å². The minimum absolute atomic E-state index is 0.550. The van der Waals surface area contributed by atoms with Crippen LogP contribution in [0.2, 0.25) is 0 Å². The van der Waals surface area contributed by atoms with Crippen LogP contribution in [0.5, 0.6) is 0 Å². The van der Waals surface area contributed by atoms with Crippen molar-refractivity contribution < 1.29 is 0 Å². The average Bonchev–Trinajstić information content (AvgIpc) is 2.76. The number of benzene rings is 1. The van der Waals surface area contributed by atoms with Gasteiger partial charge in [-0.15, -0.1) is 0 Å². The van der Waals surface area contributed by atoms with Crippen LogP contribution in [0.3, 0.4) is 0 Å². The molecule has 0 amide bonds. The fourth-order valence-electron chi connectivity index (χ4n) is 3.28. The summed E-state index contributed by atoms with van der Waals surface area (Å²) in [5, 5.41) is 9.73. The second-order valence-electron chi connectivity index (χ2n) is 6.20. The number of hydrogen-bond acceptors (Lipinski definition) is 3. The molecule has 2 unspecified atom stereocenters. The molecule has 4 heteroatoms. The van der Waals surface area contributed by atoms with Crippen LogP contribution in [-0.4, -0.2) is 39.9 Å². The van der Waals surface area contributed by atoms with Crippen LogP contribution in [0.4, 0.5) is 0 Å². The number of hydrogen-bond donors (Lipinski definition) is 1. The molecule has 2 aromatic rings. The first-order valence-corrected chi connectivity index (χ1v) is 8.11. The second-order valence-corrected chi connectivity index (χ2v) is 6.20. The number of aromatic nitrogens is 2. The molecular formula is C17H26N4. The zero-order valence-corrected chi connectivity index (χ0v) is 13.3. The van der Waals surface area contributed by atoms with Crippen molar-refractivity contribution in [1.29, 1.82) is 0 Å². The van der Waals surface area contributed by atoms with E-state index in [9.17, 15) is 0 Å². The molecule has 1 N–H and O–H groups in total. The Morgan fingerprint density at radius 3 is 2.90 bits per heavy atom. The van der Waals surface area contributed by atoms with E-state index < -0.39 is 0 Å². The fourth-order valence-corrected chi connectivity index (χ4v) is 3.28. The maximum Gasteiger partial charge on any atom is 0.0843 e. The fraction of sp³-hybridized carbons (Fsp3) is 0.588. The van der Waals surface area contributed by atoms with E-state index >= 15 is 0 Å². The van der Waals surface area contributed by atoms with Crippen molar-refractivity contribution >= 4 is 10.9 Å². The van der Waals surface area contributed by atoms with Gasteiger partial charge in [-0.25, -0.2) is 0 Å². The molecular weight excluding hydrogens is 260 g/mol. The first kappa shape index (κ1) is 14.5. The van der Waals surface area contributed by atoms with Gasteiger partial charge in [0.05, 0.1) is 11.2 Å². The molecule has 1 aliphatic rings. The van der Waals surface area contributed by atoms with Gasteiger partial charge in [0.1, 0.15) is 0 Å². The van der Waals surface area contributed by atoms with Gasteiger partial charge >= 0.3 is 0 Å². The number of aryl methyl sites for hydroxylation is 1. The Morgan fingerprint density at radius 1 is 1.29 bits per heavy atom. The topological polar surface area (TPSA) is 33.1 Å². The highest BCUT2D eigenvalue weighted by Crippen LogP contribution is 2.21. The maximum absolute atomic E-state index is 4.85. The lowest BCUT2D eigenvalue weighted by Gasteiger charge is -2.27. The van der Waals surface area contributed by atoms with Gasteiger partial charge in [0.15, 0.2) is 0 Å². The van der Waals surface area contributed by atoms with Gasteiger partial charge in [-0.05, 0) is 39.8 Å². The predicted molar refractivity (Wildman–Crippen MR) is 87.4 cm³/mol. The molecule has 1 aromatic carbocycles. The maximum atomic E-state index is 4.85. The Bertz CT molecular complexity index is 604. The smallest absolute Gasteiger partial charge is 0.0843 e. The SMILES string of the molecule is CCn1nc(CN2CC(C)NCCC2C)c2ccccc21. The van der Waals surface area contributed by atoms with E-state index in [0.717, 1.165) is 26.2 Å². The van der Waals surface area contributed by atoms with Crippen molar-refractivity contribution in [3.05, 3.63) is 30.0 Å². The summed E-state index contributed by atoms with van der Waals surface area (Å²) in [5.74, 6) is 0. The number of rotatable bonds is 3. The quantitative estimate of drug-likeness (QED) is 0.941. The Labute approximate surface area is 127 Å². The van der Waals surface area contributed by atoms with Crippen LogP contribution < -0.4 is 5.32 Å². The summed E-state index contributed by atoms with van der Waals surface area (Å²) in [6.45, 7) is 10.8. The van der Waals surface area contributed by atoms with E-state index in [1.54, 1.807) is 0 Å². The zero-order chi connectivity index (χ0) is 14.8. The summed E-state index contributed by atoms with van der Waals surface area (Å²) in [7, 11) is 0. The molecule has 1 saturated heterocycles. The van der Waals surface area contributed by atoms with Gasteiger partial charge in [0, 0.05) is 37.1 Å². The third-order valence-corrected chi connectivity index (χ3v) is 4.57. The molecule has 1 aliphatic heterocycles. The molecule has 0 spiro atoms. The highest BCUT2D eigenvalue weighted by atomic mass is 15.3. The van der Waals surface area contributed by atoms with Crippen LogP contribution in [-0.2, 0) is 13.1 Å². The first-order valence-electron chi connectivity index (χ1n) is 8.11. The Balaban J connectivity index is 1.90. The minimum Gasteiger partial charge on any atom is -0.313 e. The summed E-state index contributed by atoms with van der Waals surface area (Å²) in [6.07, 6.45) is 1.21. The summed E-state index contributed by atoms with van der Waals surface area (Å²) < 4.78 is 2.12. The average molecular weight is 286 g/mol. The second kappa shape index (κ2) is 6.16. The standard InChI is InChI=1S/C17H26N4/c1-4-21-17-8-6-5-7-15(17)16(19-21)12-20-11-13(2)18-10-9-14(20)3/h5-8,13-14,18H,4,9-12H2,1-3H3. The van der Waals surface area contributed by atoms with E-state index in [2.05, 4.69) is 59.9 Å². The molecule has 3 rings (SSSR count). The van der Waals surface area contributed by atoms with Crippen LogP contribution in [0.25, 0.3) is 10.9 Å². The van der Waals surface area contributed by atoms with Crippen molar-refractivity contribution in [3.63, 3.8) is 0 Å².